The summed E-state index contributed by atoms with van der Waals surface area (Å²) in [5, 5.41) is 3.59. The summed E-state index contributed by atoms with van der Waals surface area (Å²) in [4.78, 5) is 0. The molecule has 0 saturated heterocycles. The van der Waals surface area contributed by atoms with Crippen molar-refractivity contribution in [3.8, 4) is 0 Å². The summed E-state index contributed by atoms with van der Waals surface area (Å²) in [5.74, 6) is -0.466. The van der Waals surface area contributed by atoms with Crippen molar-refractivity contribution in [2.24, 2.45) is 0 Å². The molecular weight excluding hydrogens is 161 g/mol. The van der Waals surface area contributed by atoms with Gasteiger partial charge in [0.2, 0.25) is 0 Å². The maximum atomic E-state index is 13.1. The minimum Gasteiger partial charge on any atom is -0.399 e. The molecule has 0 unspecified atom stereocenters. The van der Waals surface area contributed by atoms with Gasteiger partial charge in [0.05, 0.1) is 0 Å². The molecule has 5 heteroatoms. The number of nitrogens with zero attached hydrogens (tertiary/aromatic N) is 1. The Balaban J connectivity index is 2.93. The van der Waals surface area contributed by atoms with Crippen molar-refractivity contribution in [1.29, 1.82) is 0 Å². The highest BCUT2D eigenvalue weighted by molar-refractivity contribution is 5.89. The van der Waals surface area contributed by atoms with Gasteiger partial charge in [-0.3, -0.25) is 0 Å². The Morgan fingerprint density at radius 3 is 2.83 bits per heavy atom. The normalized spacial score (nSPS) is 10.8. The average Bonchev–Trinajstić information content (AvgIpc) is 2.31. The molecule has 0 aliphatic carbocycles. The summed E-state index contributed by atoms with van der Waals surface area (Å²) in [5.41, 5.74) is 11.3. The van der Waals surface area contributed by atoms with E-state index in [9.17, 15) is 4.39 Å². The lowest BCUT2D eigenvalue weighted by molar-refractivity contribution is 0.460. The molecule has 1 heterocycles. The highest BCUT2D eigenvalue weighted by Gasteiger charge is 2.10. The maximum absolute atomic E-state index is 13.1. The average molecular weight is 167 g/mol. The van der Waals surface area contributed by atoms with Gasteiger partial charge in [-0.2, -0.15) is 0 Å². The largest absolute Gasteiger partial charge is 0.399 e. The zero-order chi connectivity index (χ0) is 8.72. The van der Waals surface area contributed by atoms with Gasteiger partial charge in [0.25, 0.3) is 0 Å². The standard InChI is InChI=1S/C7H6FN3O/c8-4-1-3(9)2-5-6(4)7(10)11-12-5/h1-2H,9H2,(H2,10,11). The number of benzene rings is 1. The lowest BCUT2D eigenvalue weighted by Crippen LogP contribution is -1.89. The van der Waals surface area contributed by atoms with Crippen LogP contribution in [0.25, 0.3) is 11.0 Å². The number of rotatable bonds is 0. The molecule has 2 aromatic rings. The first kappa shape index (κ1) is 6.90. The van der Waals surface area contributed by atoms with E-state index in [-0.39, 0.29) is 22.5 Å². The van der Waals surface area contributed by atoms with E-state index < -0.39 is 5.82 Å². The minimum atomic E-state index is -0.510. The minimum absolute atomic E-state index is 0.0440. The molecule has 4 N–H and O–H groups in total. The van der Waals surface area contributed by atoms with Crippen molar-refractivity contribution in [3.63, 3.8) is 0 Å². The van der Waals surface area contributed by atoms with Gasteiger partial charge >= 0.3 is 0 Å². The van der Waals surface area contributed by atoms with E-state index in [4.69, 9.17) is 16.0 Å². The SMILES string of the molecule is Nc1cc(F)c2c(N)noc2c1. The van der Waals surface area contributed by atoms with Gasteiger partial charge < -0.3 is 16.0 Å². The van der Waals surface area contributed by atoms with Gasteiger partial charge in [-0.15, -0.1) is 0 Å². The summed E-state index contributed by atoms with van der Waals surface area (Å²) in [6.07, 6.45) is 0. The van der Waals surface area contributed by atoms with E-state index >= 15 is 0 Å². The molecule has 0 aliphatic heterocycles. The Morgan fingerprint density at radius 2 is 2.08 bits per heavy atom. The van der Waals surface area contributed by atoms with Crippen LogP contribution in [0, 0.1) is 5.82 Å². The van der Waals surface area contributed by atoms with Gasteiger partial charge in [-0.05, 0) is 6.07 Å². The van der Waals surface area contributed by atoms with Gasteiger partial charge in [-0.1, -0.05) is 5.16 Å². The summed E-state index contributed by atoms with van der Waals surface area (Å²) >= 11 is 0. The first-order chi connectivity index (χ1) is 5.68. The van der Waals surface area contributed by atoms with Crippen molar-refractivity contribution in [1.82, 2.24) is 5.16 Å². The molecule has 0 radical (unpaired) electrons. The zero-order valence-corrected chi connectivity index (χ0v) is 6.04. The maximum Gasteiger partial charge on any atom is 0.177 e. The van der Waals surface area contributed by atoms with Crippen LogP contribution in [0.3, 0.4) is 0 Å². The van der Waals surface area contributed by atoms with Crippen molar-refractivity contribution >= 4 is 22.5 Å². The number of fused-ring (bicyclic) bond motifs is 1. The zero-order valence-electron chi connectivity index (χ0n) is 6.04. The molecular formula is C7H6FN3O. The Morgan fingerprint density at radius 1 is 1.33 bits per heavy atom. The molecule has 1 aromatic heterocycles. The Bertz CT molecular complexity index is 437. The van der Waals surface area contributed by atoms with E-state index in [1.54, 1.807) is 0 Å². The fourth-order valence-corrected chi connectivity index (χ4v) is 1.07. The molecule has 4 nitrogen and oxygen atoms in total. The fraction of sp³-hybridized carbons (Fsp3) is 0. The summed E-state index contributed by atoms with van der Waals surface area (Å²) in [6, 6.07) is 2.65. The number of hydrogen-bond donors (Lipinski definition) is 2. The molecule has 0 spiro atoms. The van der Waals surface area contributed by atoms with Crippen LogP contribution in [0.1, 0.15) is 0 Å². The van der Waals surface area contributed by atoms with Crippen LogP contribution in [0.5, 0.6) is 0 Å². The predicted molar refractivity (Wildman–Crippen MR) is 42.8 cm³/mol. The van der Waals surface area contributed by atoms with Gasteiger partial charge in [0, 0.05) is 11.8 Å². The number of anilines is 2. The van der Waals surface area contributed by atoms with Crippen molar-refractivity contribution < 1.29 is 8.91 Å². The predicted octanol–water partition coefficient (Wildman–Crippen LogP) is 1.13. The van der Waals surface area contributed by atoms with Crippen LogP contribution in [0.4, 0.5) is 15.9 Å². The first-order valence-electron chi connectivity index (χ1n) is 3.28. The third-order valence-corrected chi connectivity index (χ3v) is 1.57. The van der Waals surface area contributed by atoms with E-state index in [0.29, 0.717) is 0 Å². The second kappa shape index (κ2) is 2.10. The van der Waals surface area contributed by atoms with E-state index in [2.05, 4.69) is 5.16 Å². The first-order valence-corrected chi connectivity index (χ1v) is 3.28. The molecule has 12 heavy (non-hydrogen) atoms. The Kier molecular flexibility index (Phi) is 1.21. The summed E-state index contributed by atoms with van der Waals surface area (Å²) < 4.78 is 17.8. The summed E-state index contributed by atoms with van der Waals surface area (Å²) in [7, 11) is 0. The number of halogens is 1. The molecule has 0 fully saturated rings. The van der Waals surface area contributed by atoms with Crippen LogP contribution in [0.15, 0.2) is 16.7 Å². The molecule has 0 amide bonds. The highest BCUT2D eigenvalue weighted by Crippen LogP contribution is 2.25. The molecule has 0 aliphatic rings. The van der Waals surface area contributed by atoms with E-state index in [1.165, 1.54) is 12.1 Å². The second-order valence-electron chi connectivity index (χ2n) is 2.44. The number of aromatic nitrogens is 1. The fourth-order valence-electron chi connectivity index (χ4n) is 1.07. The number of nitrogens with two attached hydrogens (primary N) is 2. The highest BCUT2D eigenvalue weighted by atomic mass is 19.1. The molecule has 0 saturated carbocycles. The lowest BCUT2D eigenvalue weighted by Gasteiger charge is -1.93. The van der Waals surface area contributed by atoms with E-state index in [1.807, 2.05) is 0 Å². The molecule has 0 bridgehead atoms. The summed E-state index contributed by atoms with van der Waals surface area (Å²) in [6.45, 7) is 0. The van der Waals surface area contributed by atoms with E-state index in [0.717, 1.165) is 0 Å². The monoisotopic (exact) mass is 167 g/mol. The van der Waals surface area contributed by atoms with Gasteiger partial charge in [0.15, 0.2) is 11.4 Å². The molecule has 2 rings (SSSR count). The van der Waals surface area contributed by atoms with Crippen molar-refractivity contribution in [2.45, 2.75) is 0 Å². The second-order valence-corrected chi connectivity index (χ2v) is 2.44. The third kappa shape index (κ3) is 0.795. The number of hydrogen-bond acceptors (Lipinski definition) is 4. The quantitative estimate of drug-likeness (QED) is 0.576. The molecule has 62 valence electrons. The molecule has 0 atom stereocenters. The topological polar surface area (TPSA) is 78.1 Å². The van der Waals surface area contributed by atoms with Crippen LogP contribution in [-0.4, -0.2) is 5.16 Å². The third-order valence-electron chi connectivity index (χ3n) is 1.57. The Labute approximate surface area is 66.9 Å². The van der Waals surface area contributed by atoms with Crippen LogP contribution < -0.4 is 11.5 Å². The van der Waals surface area contributed by atoms with Crippen LogP contribution >= 0.6 is 0 Å². The Hall–Kier alpha value is -1.78. The van der Waals surface area contributed by atoms with Gasteiger partial charge in [-0.25, -0.2) is 4.39 Å². The van der Waals surface area contributed by atoms with Gasteiger partial charge in [0.1, 0.15) is 11.2 Å². The van der Waals surface area contributed by atoms with Crippen LogP contribution in [-0.2, 0) is 0 Å². The number of nitrogen functional groups attached to an aromatic ring is 2. The smallest absolute Gasteiger partial charge is 0.177 e. The van der Waals surface area contributed by atoms with Crippen molar-refractivity contribution in [3.05, 3.63) is 17.9 Å². The lowest BCUT2D eigenvalue weighted by atomic mass is 10.2. The molecule has 1 aromatic carbocycles. The van der Waals surface area contributed by atoms with Crippen molar-refractivity contribution in [2.75, 3.05) is 11.5 Å². The van der Waals surface area contributed by atoms with Crippen LogP contribution in [0.2, 0.25) is 0 Å².